The number of aryl methyl sites for hydroxylation is 2. The van der Waals surface area contributed by atoms with Crippen LogP contribution < -0.4 is 5.73 Å². The lowest BCUT2D eigenvalue weighted by atomic mass is 9.59. The van der Waals surface area contributed by atoms with Crippen LogP contribution >= 0.6 is 0 Å². The number of benzene rings is 2. The van der Waals surface area contributed by atoms with Gasteiger partial charge in [-0.1, -0.05) is 36.4 Å². The summed E-state index contributed by atoms with van der Waals surface area (Å²) in [6.45, 7) is 0. The van der Waals surface area contributed by atoms with Crippen molar-refractivity contribution in [1.29, 1.82) is 0 Å². The summed E-state index contributed by atoms with van der Waals surface area (Å²) in [6.07, 6.45) is 1.49. The predicted molar refractivity (Wildman–Crippen MR) is 125 cm³/mol. The number of fused-ring (bicyclic) bond motifs is 3. The predicted octanol–water partition coefficient (Wildman–Crippen LogP) is 2.21. The molecule has 3 aliphatic carbocycles. The number of hydrogen-bond donors (Lipinski definition) is 5. The lowest BCUT2D eigenvalue weighted by Gasteiger charge is -2.46. The maximum absolute atomic E-state index is 13.5. The van der Waals surface area contributed by atoms with E-state index < -0.39 is 52.0 Å². The Hall–Kier alpha value is -3.91. The van der Waals surface area contributed by atoms with Gasteiger partial charge < -0.3 is 26.2 Å². The summed E-state index contributed by atoms with van der Waals surface area (Å²) >= 11 is 0. The Labute approximate surface area is 201 Å². The van der Waals surface area contributed by atoms with Gasteiger partial charge in [-0.05, 0) is 54.4 Å². The number of carbonyl (C=O) groups is 3. The van der Waals surface area contributed by atoms with Crippen LogP contribution in [-0.4, -0.2) is 43.5 Å². The van der Waals surface area contributed by atoms with E-state index >= 15 is 0 Å². The molecule has 0 spiro atoms. The van der Waals surface area contributed by atoms with Crippen LogP contribution in [0.4, 0.5) is 0 Å². The molecule has 0 aromatic heterocycles. The summed E-state index contributed by atoms with van der Waals surface area (Å²) in [5.74, 6) is -6.19. The molecule has 6 N–H and O–H groups in total. The number of nitrogens with two attached hydrogens (primary N) is 1. The van der Waals surface area contributed by atoms with Crippen molar-refractivity contribution in [1.82, 2.24) is 0 Å². The molecule has 2 aromatic carbocycles. The Morgan fingerprint density at radius 2 is 1.71 bits per heavy atom. The van der Waals surface area contributed by atoms with E-state index in [-0.39, 0.29) is 29.7 Å². The number of hydrogen-bond acceptors (Lipinski definition) is 7. The molecule has 2 aromatic rings. The molecule has 0 aliphatic heterocycles. The van der Waals surface area contributed by atoms with Gasteiger partial charge in [0.25, 0.3) is 5.91 Å². The van der Waals surface area contributed by atoms with Crippen LogP contribution in [0.5, 0.6) is 5.75 Å². The number of rotatable bonds is 4. The van der Waals surface area contributed by atoms with Crippen LogP contribution in [0, 0.1) is 11.8 Å². The zero-order valence-corrected chi connectivity index (χ0v) is 18.8. The van der Waals surface area contributed by atoms with Crippen LogP contribution in [0.1, 0.15) is 35.1 Å². The minimum Gasteiger partial charge on any atom is -0.508 e. The van der Waals surface area contributed by atoms with Crippen LogP contribution in [0.3, 0.4) is 0 Å². The second-order valence-corrected chi connectivity index (χ2v) is 9.49. The first-order valence-electron chi connectivity index (χ1n) is 11.5. The standard InChI is InChI=1S/C27H25NO7/c28-26(34)22-19(30)12-16-10-15-11-17-14(7-6-13-4-2-1-3-5-13)8-9-18(29)21(17)23(31)20(15)24(32)27(16,35)25(22)33/h1-5,8-9,15-16,29,31,33,35H,6-7,10-12H2,(H2,28,34). The van der Waals surface area contributed by atoms with Crippen molar-refractivity contribution in [2.45, 2.75) is 37.7 Å². The third kappa shape index (κ3) is 3.36. The second kappa shape index (κ2) is 8.09. The van der Waals surface area contributed by atoms with Crippen LogP contribution in [0.2, 0.25) is 0 Å². The summed E-state index contributed by atoms with van der Waals surface area (Å²) in [5.41, 5.74) is 4.63. The molecule has 0 radical (unpaired) electrons. The van der Waals surface area contributed by atoms with E-state index in [0.29, 0.717) is 18.4 Å². The zero-order valence-electron chi connectivity index (χ0n) is 18.8. The number of phenols is 1. The van der Waals surface area contributed by atoms with Crippen molar-refractivity contribution < 1.29 is 34.8 Å². The van der Waals surface area contributed by atoms with Crippen molar-refractivity contribution >= 4 is 23.2 Å². The molecular formula is C27H25NO7. The Balaban J connectivity index is 1.59. The number of phenolic OH excluding ortho intramolecular Hbond substituents is 1. The van der Waals surface area contributed by atoms with Gasteiger partial charge in [0, 0.05) is 17.9 Å². The molecule has 8 heteroatoms. The molecule has 3 aliphatic rings. The molecule has 8 nitrogen and oxygen atoms in total. The lowest BCUT2D eigenvalue weighted by molar-refractivity contribution is -0.147. The smallest absolute Gasteiger partial charge is 0.255 e. The molecule has 35 heavy (non-hydrogen) atoms. The van der Waals surface area contributed by atoms with Crippen molar-refractivity contribution in [2.75, 3.05) is 0 Å². The first-order chi connectivity index (χ1) is 16.6. The van der Waals surface area contributed by atoms with Gasteiger partial charge in [-0.25, -0.2) is 0 Å². The van der Waals surface area contributed by atoms with Crippen molar-refractivity contribution in [2.24, 2.45) is 17.6 Å². The fourth-order valence-electron chi connectivity index (χ4n) is 5.84. The van der Waals surface area contributed by atoms with Gasteiger partial charge in [0.05, 0.1) is 5.56 Å². The Morgan fingerprint density at radius 3 is 2.40 bits per heavy atom. The SMILES string of the molecule is NC(=O)C1=C(O)C2(O)C(=O)C3=C(O)c4c(O)ccc(CCc5ccccc5)c4CC3CC2CC1=O. The van der Waals surface area contributed by atoms with E-state index in [1.807, 2.05) is 30.3 Å². The number of aliphatic hydroxyl groups excluding tert-OH is 2. The molecule has 0 saturated heterocycles. The van der Waals surface area contributed by atoms with Gasteiger partial charge >= 0.3 is 0 Å². The highest BCUT2D eigenvalue weighted by molar-refractivity contribution is 6.22. The number of Topliss-reactive ketones (excluding diaryl/α,β-unsaturated/α-hetero) is 2. The minimum absolute atomic E-state index is 0.122. The average molecular weight is 475 g/mol. The molecule has 0 heterocycles. The fourth-order valence-corrected chi connectivity index (χ4v) is 5.84. The van der Waals surface area contributed by atoms with Gasteiger partial charge in [-0.2, -0.15) is 0 Å². The van der Waals surface area contributed by atoms with Gasteiger partial charge in [0.1, 0.15) is 22.8 Å². The third-order valence-electron chi connectivity index (χ3n) is 7.57. The summed E-state index contributed by atoms with van der Waals surface area (Å²) in [5, 5.41) is 43.6. The summed E-state index contributed by atoms with van der Waals surface area (Å²) in [4.78, 5) is 37.7. The largest absolute Gasteiger partial charge is 0.508 e. The van der Waals surface area contributed by atoms with E-state index in [1.54, 1.807) is 6.07 Å². The number of carbonyl (C=O) groups excluding carboxylic acids is 3. The van der Waals surface area contributed by atoms with E-state index in [0.717, 1.165) is 17.5 Å². The monoisotopic (exact) mass is 475 g/mol. The van der Waals surface area contributed by atoms with Gasteiger partial charge in [0.15, 0.2) is 11.4 Å². The fraction of sp³-hybridized carbons (Fsp3) is 0.296. The number of amides is 1. The quantitative estimate of drug-likeness (QED) is 0.424. The maximum Gasteiger partial charge on any atom is 0.255 e. The topological polar surface area (TPSA) is 158 Å². The minimum atomic E-state index is -2.55. The van der Waals surface area contributed by atoms with Crippen LogP contribution in [-0.2, 0) is 33.6 Å². The Morgan fingerprint density at radius 1 is 1.00 bits per heavy atom. The summed E-state index contributed by atoms with van der Waals surface area (Å²) < 4.78 is 0. The molecule has 180 valence electrons. The zero-order chi connectivity index (χ0) is 25.1. The highest BCUT2D eigenvalue weighted by atomic mass is 16.3. The van der Waals surface area contributed by atoms with Gasteiger partial charge in [0.2, 0.25) is 5.78 Å². The van der Waals surface area contributed by atoms with E-state index in [2.05, 4.69) is 0 Å². The molecule has 1 fully saturated rings. The number of primary amides is 1. The third-order valence-corrected chi connectivity index (χ3v) is 7.57. The summed E-state index contributed by atoms with van der Waals surface area (Å²) in [6, 6.07) is 13.1. The van der Waals surface area contributed by atoms with E-state index in [1.165, 1.54) is 6.07 Å². The molecular weight excluding hydrogens is 450 g/mol. The van der Waals surface area contributed by atoms with Gasteiger partial charge in [-0.15, -0.1) is 0 Å². The Kier molecular flexibility index (Phi) is 5.29. The van der Waals surface area contributed by atoms with Crippen molar-refractivity contribution in [3.63, 3.8) is 0 Å². The normalized spacial score (nSPS) is 25.7. The second-order valence-electron chi connectivity index (χ2n) is 9.49. The molecule has 1 amide bonds. The van der Waals surface area contributed by atoms with E-state index in [9.17, 15) is 34.8 Å². The first kappa shape index (κ1) is 22.9. The maximum atomic E-state index is 13.5. The molecule has 3 unspecified atom stereocenters. The van der Waals surface area contributed by atoms with Gasteiger partial charge in [-0.3, -0.25) is 14.4 Å². The van der Waals surface area contributed by atoms with Crippen LogP contribution in [0.25, 0.3) is 5.76 Å². The molecule has 1 saturated carbocycles. The van der Waals surface area contributed by atoms with Crippen molar-refractivity contribution in [3.05, 3.63) is 81.6 Å². The first-order valence-corrected chi connectivity index (χ1v) is 11.5. The Bertz CT molecular complexity index is 1340. The average Bonchev–Trinajstić information content (AvgIpc) is 2.81. The van der Waals surface area contributed by atoms with Crippen LogP contribution in [0.15, 0.2) is 59.4 Å². The number of aliphatic hydroxyl groups is 3. The number of ketones is 2. The molecule has 0 bridgehead atoms. The lowest BCUT2D eigenvalue weighted by Crippen LogP contribution is -2.58. The number of aromatic hydroxyl groups is 1. The molecule has 3 atom stereocenters. The van der Waals surface area contributed by atoms with Crippen molar-refractivity contribution in [3.8, 4) is 5.75 Å². The highest BCUT2D eigenvalue weighted by Crippen LogP contribution is 2.52. The summed E-state index contributed by atoms with van der Waals surface area (Å²) in [7, 11) is 0. The van der Waals surface area contributed by atoms with E-state index in [4.69, 9.17) is 5.73 Å². The highest BCUT2D eigenvalue weighted by Gasteiger charge is 2.60. The molecule has 5 rings (SSSR count).